The minimum absolute atomic E-state index is 0.130. The van der Waals surface area contributed by atoms with E-state index in [4.69, 9.17) is 0 Å². The van der Waals surface area contributed by atoms with E-state index in [-0.39, 0.29) is 5.56 Å². The van der Waals surface area contributed by atoms with Crippen molar-refractivity contribution in [2.45, 2.75) is 13.8 Å². The van der Waals surface area contributed by atoms with Crippen LogP contribution in [0.1, 0.15) is 11.4 Å². The van der Waals surface area contributed by atoms with Crippen LogP contribution in [0.5, 0.6) is 0 Å². The van der Waals surface area contributed by atoms with Crippen LogP contribution >= 0.6 is 0 Å². The smallest absolute Gasteiger partial charge is 0.257 e. The molecule has 0 unspecified atom stereocenters. The van der Waals surface area contributed by atoms with Gasteiger partial charge in [-0.15, -0.1) is 0 Å². The average molecular weight is 266 g/mol. The number of nitrogens with zero attached hydrogens (tertiary/aromatic N) is 2. The highest BCUT2D eigenvalue weighted by Crippen LogP contribution is 2.15. The van der Waals surface area contributed by atoms with E-state index in [1.54, 1.807) is 6.07 Å². The van der Waals surface area contributed by atoms with Crippen molar-refractivity contribution < 1.29 is 0 Å². The molecular formula is C15H14N4O. The second kappa shape index (κ2) is 4.77. The van der Waals surface area contributed by atoms with E-state index in [2.05, 4.69) is 20.3 Å². The summed E-state index contributed by atoms with van der Waals surface area (Å²) < 4.78 is 0. The van der Waals surface area contributed by atoms with Crippen molar-refractivity contribution in [3.05, 3.63) is 58.1 Å². The van der Waals surface area contributed by atoms with E-state index in [9.17, 15) is 4.79 Å². The van der Waals surface area contributed by atoms with Crippen LogP contribution < -0.4 is 10.9 Å². The lowest BCUT2D eigenvalue weighted by molar-refractivity contribution is 1.05. The van der Waals surface area contributed by atoms with Gasteiger partial charge in [0.2, 0.25) is 5.95 Å². The first-order valence-electron chi connectivity index (χ1n) is 6.33. The van der Waals surface area contributed by atoms with Gasteiger partial charge in [-0.1, -0.05) is 18.2 Å². The highest BCUT2D eigenvalue weighted by Gasteiger charge is 2.04. The molecule has 0 saturated carbocycles. The number of aromatic amines is 1. The normalized spacial score (nSPS) is 10.7. The van der Waals surface area contributed by atoms with Gasteiger partial charge in [0, 0.05) is 16.8 Å². The lowest BCUT2D eigenvalue weighted by Crippen LogP contribution is -2.10. The number of nitrogens with one attached hydrogen (secondary N) is 2. The van der Waals surface area contributed by atoms with Crippen LogP contribution in [-0.4, -0.2) is 15.0 Å². The van der Waals surface area contributed by atoms with Gasteiger partial charge in [-0.2, -0.15) is 0 Å². The molecule has 0 saturated heterocycles. The molecule has 2 aromatic heterocycles. The minimum atomic E-state index is -0.130. The quantitative estimate of drug-likeness (QED) is 0.748. The molecule has 0 radical (unpaired) electrons. The van der Waals surface area contributed by atoms with E-state index in [1.807, 2.05) is 44.2 Å². The minimum Gasteiger partial charge on any atom is -0.310 e. The molecule has 0 aliphatic heterocycles. The predicted molar refractivity (Wildman–Crippen MR) is 79.4 cm³/mol. The van der Waals surface area contributed by atoms with Crippen molar-refractivity contribution in [1.29, 1.82) is 0 Å². The van der Waals surface area contributed by atoms with Gasteiger partial charge in [-0.25, -0.2) is 9.97 Å². The van der Waals surface area contributed by atoms with Crippen LogP contribution in [0, 0.1) is 13.8 Å². The Bertz CT molecular complexity index is 818. The Balaban J connectivity index is 2.04. The zero-order valence-corrected chi connectivity index (χ0v) is 11.3. The number of H-pyrrole nitrogens is 1. The zero-order chi connectivity index (χ0) is 14.1. The SMILES string of the molecule is Cc1cc(C)nc(Nc2cc3ccccc3c(=O)[nH]2)n1. The molecule has 3 aromatic rings. The molecular weight excluding hydrogens is 252 g/mol. The Hall–Kier alpha value is -2.69. The lowest BCUT2D eigenvalue weighted by Gasteiger charge is -2.07. The molecule has 0 bridgehead atoms. The topological polar surface area (TPSA) is 70.7 Å². The first-order chi connectivity index (χ1) is 9.61. The highest BCUT2D eigenvalue weighted by molar-refractivity contribution is 5.84. The molecule has 20 heavy (non-hydrogen) atoms. The van der Waals surface area contributed by atoms with Crippen molar-refractivity contribution in [2.24, 2.45) is 0 Å². The number of aromatic nitrogens is 3. The highest BCUT2D eigenvalue weighted by atomic mass is 16.1. The Labute approximate surface area is 115 Å². The van der Waals surface area contributed by atoms with Crippen molar-refractivity contribution in [2.75, 3.05) is 5.32 Å². The number of aryl methyl sites for hydroxylation is 2. The van der Waals surface area contributed by atoms with Crippen molar-refractivity contribution in [3.8, 4) is 0 Å². The Morgan fingerprint density at radius 2 is 1.75 bits per heavy atom. The average Bonchev–Trinajstić information content (AvgIpc) is 2.37. The Kier molecular flexibility index (Phi) is 2.95. The van der Waals surface area contributed by atoms with E-state index in [0.29, 0.717) is 17.2 Å². The van der Waals surface area contributed by atoms with Gasteiger partial charge in [0.05, 0.1) is 0 Å². The molecule has 5 nitrogen and oxygen atoms in total. The predicted octanol–water partition coefficient (Wildman–Crippen LogP) is 2.68. The van der Waals surface area contributed by atoms with Gasteiger partial charge in [-0.3, -0.25) is 4.79 Å². The van der Waals surface area contributed by atoms with Gasteiger partial charge in [0.15, 0.2) is 0 Å². The maximum atomic E-state index is 12.0. The number of rotatable bonds is 2. The third-order valence-electron chi connectivity index (χ3n) is 2.98. The van der Waals surface area contributed by atoms with Crippen LogP contribution in [0.15, 0.2) is 41.2 Å². The Morgan fingerprint density at radius 3 is 2.50 bits per heavy atom. The van der Waals surface area contributed by atoms with Gasteiger partial charge in [0.1, 0.15) is 5.82 Å². The number of hydrogen-bond acceptors (Lipinski definition) is 4. The number of pyridine rings is 1. The molecule has 0 spiro atoms. The fourth-order valence-corrected chi connectivity index (χ4v) is 2.18. The maximum Gasteiger partial charge on any atom is 0.257 e. The second-order valence-electron chi connectivity index (χ2n) is 4.70. The number of benzene rings is 1. The summed E-state index contributed by atoms with van der Waals surface area (Å²) in [4.78, 5) is 23.4. The van der Waals surface area contributed by atoms with Crippen molar-refractivity contribution in [3.63, 3.8) is 0 Å². The molecule has 0 amide bonds. The van der Waals surface area contributed by atoms with Gasteiger partial charge in [0.25, 0.3) is 5.56 Å². The maximum absolute atomic E-state index is 12.0. The van der Waals surface area contributed by atoms with Gasteiger partial charge < -0.3 is 10.3 Å². The third kappa shape index (κ3) is 2.38. The molecule has 0 aliphatic carbocycles. The molecule has 5 heteroatoms. The molecule has 1 aromatic carbocycles. The van der Waals surface area contributed by atoms with E-state index in [0.717, 1.165) is 16.8 Å². The van der Waals surface area contributed by atoms with Crippen LogP contribution in [0.25, 0.3) is 10.8 Å². The number of fused-ring (bicyclic) bond motifs is 1. The second-order valence-corrected chi connectivity index (χ2v) is 4.70. The standard InChI is InChI=1S/C15H14N4O/c1-9-7-10(2)17-15(16-9)19-13-8-11-5-3-4-6-12(11)14(20)18-13/h3-8H,1-2H3,(H2,16,17,18,19,20). The fourth-order valence-electron chi connectivity index (χ4n) is 2.18. The summed E-state index contributed by atoms with van der Waals surface area (Å²) in [6.07, 6.45) is 0. The summed E-state index contributed by atoms with van der Waals surface area (Å²) in [5.74, 6) is 1.06. The summed E-state index contributed by atoms with van der Waals surface area (Å²) >= 11 is 0. The van der Waals surface area contributed by atoms with E-state index < -0.39 is 0 Å². The summed E-state index contributed by atoms with van der Waals surface area (Å²) in [6, 6.07) is 11.2. The van der Waals surface area contributed by atoms with Gasteiger partial charge >= 0.3 is 0 Å². The third-order valence-corrected chi connectivity index (χ3v) is 2.98. The Morgan fingerprint density at radius 1 is 1.05 bits per heavy atom. The molecule has 2 heterocycles. The molecule has 3 rings (SSSR count). The van der Waals surface area contributed by atoms with Crippen molar-refractivity contribution >= 4 is 22.5 Å². The molecule has 0 fully saturated rings. The number of hydrogen-bond donors (Lipinski definition) is 2. The van der Waals surface area contributed by atoms with Crippen LogP contribution in [-0.2, 0) is 0 Å². The summed E-state index contributed by atoms with van der Waals surface area (Å²) in [7, 11) is 0. The summed E-state index contributed by atoms with van der Waals surface area (Å²) in [5.41, 5.74) is 1.63. The van der Waals surface area contributed by atoms with E-state index >= 15 is 0 Å². The van der Waals surface area contributed by atoms with Crippen molar-refractivity contribution in [1.82, 2.24) is 15.0 Å². The van der Waals surface area contributed by atoms with Crippen LogP contribution in [0.2, 0.25) is 0 Å². The largest absolute Gasteiger partial charge is 0.310 e. The number of anilines is 2. The zero-order valence-electron chi connectivity index (χ0n) is 11.3. The lowest BCUT2D eigenvalue weighted by atomic mass is 10.2. The molecule has 2 N–H and O–H groups in total. The monoisotopic (exact) mass is 266 g/mol. The van der Waals surface area contributed by atoms with Gasteiger partial charge in [-0.05, 0) is 37.4 Å². The van der Waals surface area contributed by atoms with E-state index in [1.165, 1.54) is 0 Å². The molecule has 100 valence electrons. The first-order valence-corrected chi connectivity index (χ1v) is 6.33. The fraction of sp³-hybridized carbons (Fsp3) is 0.133. The van der Waals surface area contributed by atoms with Crippen LogP contribution in [0.3, 0.4) is 0 Å². The molecule has 0 atom stereocenters. The molecule has 0 aliphatic rings. The first kappa shape index (κ1) is 12.3. The summed E-state index contributed by atoms with van der Waals surface area (Å²) in [6.45, 7) is 3.81. The van der Waals surface area contributed by atoms with Crippen LogP contribution in [0.4, 0.5) is 11.8 Å². The summed E-state index contributed by atoms with van der Waals surface area (Å²) in [5, 5.41) is 4.58.